The van der Waals surface area contributed by atoms with Gasteiger partial charge in [-0.05, 0) is 5.56 Å². The molecule has 2 aliphatic heterocycles. The van der Waals surface area contributed by atoms with Gasteiger partial charge in [0.1, 0.15) is 0 Å². The number of aryl methyl sites for hydroxylation is 1. The average Bonchev–Trinajstić information content (AvgIpc) is 3.10. The van der Waals surface area contributed by atoms with Crippen LogP contribution in [0.4, 0.5) is 5.95 Å². The number of fused-ring (bicyclic) bond motifs is 1. The Hall–Kier alpha value is -2.52. The van der Waals surface area contributed by atoms with Crippen LogP contribution in [0.1, 0.15) is 11.6 Å². The molecule has 0 bridgehead atoms. The van der Waals surface area contributed by atoms with Crippen LogP contribution in [-0.2, 0) is 13.6 Å². The Morgan fingerprint density at radius 3 is 2.52 bits per heavy atom. The number of hydrogen-bond donors (Lipinski definition) is 1. The molecule has 2 fully saturated rings. The van der Waals surface area contributed by atoms with Crippen molar-refractivity contribution in [3.8, 4) is 0 Å². The van der Waals surface area contributed by atoms with E-state index in [4.69, 9.17) is 4.98 Å². The Morgan fingerprint density at radius 2 is 1.86 bits per heavy atom. The van der Waals surface area contributed by atoms with Crippen LogP contribution in [0.5, 0.6) is 0 Å². The van der Waals surface area contributed by atoms with E-state index in [-0.39, 0.29) is 23.8 Å². The summed E-state index contributed by atoms with van der Waals surface area (Å²) in [5.74, 6) is 2.74. The molecule has 4 heterocycles. The van der Waals surface area contributed by atoms with Gasteiger partial charge in [-0.15, -0.1) is 0 Å². The molecule has 2 saturated heterocycles. The van der Waals surface area contributed by atoms with Gasteiger partial charge in [0.15, 0.2) is 11.2 Å². The first-order valence-electron chi connectivity index (χ1n) is 9.94. The first kappa shape index (κ1) is 18.5. The van der Waals surface area contributed by atoms with E-state index >= 15 is 0 Å². The zero-order valence-corrected chi connectivity index (χ0v) is 17.2. The van der Waals surface area contributed by atoms with Gasteiger partial charge < -0.3 is 10.2 Å². The molecule has 0 unspecified atom stereocenters. The van der Waals surface area contributed by atoms with Crippen molar-refractivity contribution in [1.82, 2.24) is 24.0 Å². The second-order valence-corrected chi connectivity index (χ2v) is 8.68. The van der Waals surface area contributed by atoms with Crippen LogP contribution in [0.15, 0.2) is 39.9 Å². The molecule has 0 spiro atoms. The highest BCUT2D eigenvalue weighted by atomic mass is 32.2. The highest BCUT2D eigenvalue weighted by Crippen LogP contribution is 2.35. The summed E-state index contributed by atoms with van der Waals surface area (Å²) < 4.78 is 4.96. The summed E-state index contributed by atoms with van der Waals surface area (Å²) >= 11 is 1.87. The fourth-order valence-electron chi connectivity index (χ4n) is 4.04. The van der Waals surface area contributed by atoms with Crippen LogP contribution in [0.25, 0.3) is 11.2 Å². The lowest BCUT2D eigenvalue weighted by Crippen LogP contribution is -2.45. The van der Waals surface area contributed by atoms with Gasteiger partial charge in [-0.1, -0.05) is 30.3 Å². The van der Waals surface area contributed by atoms with E-state index in [1.165, 1.54) is 9.13 Å². The van der Waals surface area contributed by atoms with Gasteiger partial charge >= 0.3 is 5.69 Å². The van der Waals surface area contributed by atoms with Crippen molar-refractivity contribution >= 4 is 28.9 Å². The second kappa shape index (κ2) is 7.38. The fourth-order valence-corrected chi connectivity index (χ4v) is 4.78. The smallest absolute Gasteiger partial charge is 0.332 e. The van der Waals surface area contributed by atoms with Gasteiger partial charge in [0.05, 0.1) is 12.6 Å². The third-order valence-electron chi connectivity index (χ3n) is 5.73. The Labute approximate surface area is 172 Å². The van der Waals surface area contributed by atoms with Gasteiger partial charge in [0.25, 0.3) is 5.56 Å². The summed E-state index contributed by atoms with van der Waals surface area (Å²) in [6.45, 7) is 3.72. The number of benzene rings is 1. The summed E-state index contributed by atoms with van der Waals surface area (Å²) in [5, 5.41) is 3.36. The van der Waals surface area contributed by atoms with Crippen LogP contribution < -0.4 is 21.5 Å². The molecule has 2 aromatic heterocycles. The summed E-state index contributed by atoms with van der Waals surface area (Å²) in [7, 11) is 1.71. The standard InChI is InChI=1S/C20H24N6O2S/c1-23-17-16(18(27)25(20(23)28)11-14-5-3-2-4-6-14)26(15-12-29-13-15)19(22-17)24-9-7-21-8-10-24/h2-6,15,21H,7-13H2,1H3. The van der Waals surface area contributed by atoms with Crippen molar-refractivity contribution in [3.05, 3.63) is 56.7 Å². The molecule has 5 rings (SSSR count). The minimum Gasteiger partial charge on any atom is -0.340 e. The fraction of sp³-hybridized carbons (Fsp3) is 0.450. The molecule has 152 valence electrons. The van der Waals surface area contributed by atoms with Gasteiger partial charge in [-0.25, -0.2) is 4.79 Å². The average molecular weight is 413 g/mol. The second-order valence-electron chi connectivity index (χ2n) is 7.60. The van der Waals surface area contributed by atoms with Crippen LogP contribution in [0.2, 0.25) is 0 Å². The number of nitrogens with zero attached hydrogens (tertiary/aromatic N) is 5. The lowest BCUT2D eigenvalue weighted by molar-refractivity contribution is 0.544. The SMILES string of the molecule is Cn1c(=O)n(Cc2ccccc2)c(=O)c2c1nc(N1CCNCC1)n2C1CSC1. The number of nitrogens with one attached hydrogen (secondary N) is 1. The molecule has 8 nitrogen and oxygen atoms in total. The number of hydrogen-bond acceptors (Lipinski definition) is 6. The van der Waals surface area contributed by atoms with Crippen LogP contribution in [0, 0.1) is 0 Å². The zero-order chi connectivity index (χ0) is 20.0. The van der Waals surface area contributed by atoms with E-state index in [2.05, 4.69) is 14.8 Å². The first-order chi connectivity index (χ1) is 14.1. The molecule has 1 N–H and O–H groups in total. The molecule has 9 heteroatoms. The lowest BCUT2D eigenvalue weighted by atomic mass is 10.2. The summed E-state index contributed by atoms with van der Waals surface area (Å²) in [6, 6.07) is 9.87. The molecular weight excluding hydrogens is 388 g/mol. The number of piperazine rings is 1. The van der Waals surface area contributed by atoms with Crippen molar-refractivity contribution in [2.75, 3.05) is 42.6 Å². The zero-order valence-electron chi connectivity index (χ0n) is 16.4. The van der Waals surface area contributed by atoms with E-state index in [0.717, 1.165) is 49.2 Å². The molecular formula is C20H24N6O2S. The quantitative estimate of drug-likeness (QED) is 0.678. The third-order valence-corrected chi connectivity index (χ3v) is 6.97. The van der Waals surface area contributed by atoms with Crippen molar-refractivity contribution in [2.45, 2.75) is 12.6 Å². The predicted octanol–water partition coefficient (Wildman–Crippen LogP) is 0.643. The Bertz CT molecular complexity index is 1160. The normalized spacial score (nSPS) is 17.6. The molecule has 3 aromatic rings. The molecule has 0 atom stereocenters. The van der Waals surface area contributed by atoms with Gasteiger partial charge in [-0.2, -0.15) is 16.7 Å². The maximum absolute atomic E-state index is 13.5. The Morgan fingerprint density at radius 1 is 1.14 bits per heavy atom. The van der Waals surface area contributed by atoms with Crippen molar-refractivity contribution in [1.29, 1.82) is 0 Å². The maximum Gasteiger partial charge on any atom is 0.332 e. The highest BCUT2D eigenvalue weighted by Gasteiger charge is 2.31. The van der Waals surface area contributed by atoms with Gasteiger partial charge in [-0.3, -0.25) is 18.5 Å². The minimum atomic E-state index is -0.328. The van der Waals surface area contributed by atoms with Crippen molar-refractivity contribution in [2.24, 2.45) is 7.05 Å². The van der Waals surface area contributed by atoms with Crippen LogP contribution >= 0.6 is 11.8 Å². The van der Waals surface area contributed by atoms with Crippen LogP contribution in [-0.4, -0.2) is 56.4 Å². The summed E-state index contributed by atoms with van der Waals surface area (Å²) in [6.07, 6.45) is 0. The molecule has 0 aliphatic carbocycles. The molecule has 0 saturated carbocycles. The highest BCUT2D eigenvalue weighted by molar-refractivity contribution is 8.00. The molecule has 2 aliphatic rings. The van der Waals surface area contributed by atoms with Crippen molar-refractivity contribution < 1.29 is 0 Å². The predicted molar refractivity (Wildman–Crippen MR) is 116 cm³/mol. The lowest BCUT2D eigenvalue weighted by Gasteiger charge is -2.33. The largest absolute Gasteiger partial charge is 0.340 e. The number of imidazole rings is 1. The van der Waals surface area contributed by atoms with E-state index in [0.29, 0.717) is 11.2 Å². The number of rotatable bonds is 4. The number of aromatic nitrogens is 4. The molecule has 29 heavy (non-hydrogen) atoms. The Kier molecular flexibility index (Phi) is 4.71. The van der Waals surface area contributed by atoms with E-state index in [9.17, 15) is 9.59 Å². The number of anilines is 1. The van der Waals surface area contributed by atoms with Gasteiger partial charge in [0, 0.05) is 44.7 Å². The van der Waals surface area contributed by atoms with Crippen LogP contribution in [0.3, 0.4) is 0 Å². The van der Waals surface area contributed by atoms with Crippen molar-refractivity contribution in [3.63, 3.8) is 0 Å². The topological polar surface area (TPSA) is 77.1 Å². The Balaban J connectivity index is 1.73. The first-order valence-corrected chi connectivity index (χ1v) is 11.1. The number of thioether (sulfide) groups is 1. The third kappa shape index (κ3) is 3.08. The monoisotopic (exact) mass is 412 g/mol. The summed E-state index contributed by atoms with van der Waals surface area (Å²) in [4.78, 5) is 33.6. The molecule has 0 radical (unpaired) electrons. The van der Waals surface area contributed by atoms with E-state index in [1.807, 2.05) is 42.1 Å². The van der Waals surface area contributed by atoms with E-state index in [1.54, 1.807) is 7.05 Å². The molecule has 1 aromatic carbocycles. The maximum atomic E-state index is 13.5. The summed E-state index contributed by atoms with van der Waals surface area (Å²) in [5.41, 5.74) is 1.37. The van der Waals surface area contributed by atoms with E-state index < -0.39 is 0 Å². The minimum absolute atomic E-state index is 0.241. The van der Waals surface area contributed by atoms with Gasteiger partial charge in [0.2, 0.25) is 5.95 Å². The molecule has 0 amide bonds.